The molecule has 0 bridgehead atoms. The van der Waals surface area contributed by atoms with Gasteiger partial charge in [0.25, 0.3) is 0 Å². The van der Waals surface area contributed by atoms with E-state index in [-0.39, 0.29) is 5.63 Å². The van der Waals surface area contributed by atoms with E-state index in [0.29, 0.717) is 11.8 Å². The van der Waals surface area contributed by atoms with Crippen molar-refractivity contribution in [3.8, 4) is 0 Å². The number of hydrogen-bond donors (Lipinski definition) is 0. The van der Waals surface area contributed by atoms with Crippen LogP contribution in [0, 0.1) is 5.92 Å². The molecule has 0 saturated heterocycles. The van der Waals surface area contributed by atoms with Gasteiger partial charge in [0.15, 0.2) is 0 Å². The molecule has 1 heterocycles. The average molecular weight is 383 g/mol. The molecule has 0 amide bonds. The molecule has 2 aromatic carbocycles. The molecule has 2 aliphatic carbocycles. The normalized spacial score (nSPS) is 21.1. The van der Waals surface area contributed by atoms with Crippen LogP contribution in [0.15, 0.2) is 88.3 Å². The van der Waals surface area contributed by atoms with Crippen molar-refractivity contribution >= 4 is 22.9 Å². The molecule has 2 nitrogen and oxygen atoms in total. The summed E-state index contributed by atoms with van der Waals surface area (Å²) in [5.74, 6) is 1.35. The standard InChI is InChI=1S/C22H22.C5H4O2/c1-3-15-9-10-17-11-12-20-19-8-6-5-7-18(19)16(4-2)14-22(20)21(17)13-15;6-5-3-1-2-4-7-5/h3-8,11-12,14,17,21H,2,9-10,13H2,1H3;1-4H/b15-3+;. The Labute approximate surface area is 171 Å². The third-order valence-electron chi connectivity index (χ3n) is 6.09. The van der Waals surface area contributed by atoms with E-state index in [1.54, 1.807) is 17.7 Å². The second-order valence-corrected chi connectivity index (χ2v) is 7.66. The molecule has 5 rings (SSSR count). The van der Waals surface area contributed by atoms with Crippen molar-refractivity contribution in [1.82, 2.24) is 0 Å². The zero-order valence-corrected chi connectivity index (χ0v) is 16.8. The van der Waals surface area contributed by atoms with Gasteiger partial charge in [0.1, 0.15) is 0 Å². The van der Waals surface area contributed by atoms with Crippen molar-refractivity contribution in [1.29, 1.82) is 0 Å². The third-order valence-corrected chi connectivity index (χ3v) is 6.09. The van der Waals surface area contributed by atoms with Gasteiger partial charge in [0, 0.05) is 6.07 Å². The van der Waals surface area contributed by atoms with Crippen LogP contribution in [-0.4, -0.2) is 0 Å². The Balaban J connectivity index is 0.000000249. The van der Waals surface area contributed by atoms with Crippen molar-refractivity contribution in [3.05, 3.63) is 106 Å². The molecule has 1 aromatic heterocycles. The van der Waals surface area contributed by atoms with Crippen molar-refractivity contribution in [2.75, 3.05) is 0 Å². The fourth-order valence-corrected chi connectivity index (χ4v) is 4.58. The molecule has 0 radical (unpaired) electrons. The molecular weight excluding hydrogens is 356 g/mol. The van der Waals surface area contributed by atoms with Crippen LogP contribution in [0.5, 0.6) is 0 Å². The van der Waals surface area contributed by atoms with E-state index < -0.39 is 0 Å². The summed E-state index contributed by atoms with van der Waals surface area (Å²) in [6, 6.07) is 15.8. The van der Waals surface area contributed by atoms with Gasteiger partial charge < -0.3 is 4.42 Å². The Morgan fingerprint density at radius 2 is 1.90 bits per heavy atom. The van der Waals surface area contributed by atoms with E-state index in [0.717, 1.165) is 0 Å². The van der Waals surface area contributed by atoms with Crippen LogP contribution in [0.25, 0.3) is 22.9 Å². The van der Waals surface area contributed by atoms with E-state index in [1.165, 1.54) is 59.1 Å². The molecule has 2 unspecified atom stereocenters. The van der Waals surface area contributed by atoms with Crippen LogP contribution in [0.2, 0.25) is 0 Å². The highest BCUT2D eigenvalue weighted by atomic mass is 16.4. The first-order valence-electron chi connectivity index (χ1n) is 10.3. The minimum atomic E-state index is -0.303. The second-order valence-electron chi connectivity index (χ2n) is 7.66. The molecule has 2 aliphatic rings. The van der Waals surface area contributed by atoms with Gasteiger partial charge in [-0.2, -0.15) is 0 Å². The molecule has 0 N–H and O–H groups in total. The summed E-state index contributed by atoms with van der Waals surface area (Å²) in [4.78, 5) is 10.1. The molecule has 2 heteroatoms. The molecular formula is C27H26O2. The predicted molar refractivity (Wildman–Crippen MR) is 122 cm³/mol. The molecule has 0 spiro atoms. The third kappa shape index (κ3) is 3.88. The summed E-state index contributed by atoms with van der Waals surface area (Å²) >= 11 is 0. The van der Waals surface area contributed by atoms with Crippen LogP contribution in [0.3, 0.4) is 0 Å². The second kappa shape index (κ2) is 8.48. The summed E-state index contributed by atoms with van der Waals surface area (Å²) in [7, 11) is 0. The minimum Gasteiger partial charge on any atom is -0.431 e. The minimum absolute atomic E-state index is 0.303. The Kier molecular flexibility index (Phi) is 5.62. The fourth-order valence-electron chi connectivity index (χ4n) is 4.58. The maximum Gasteiger partial charge on any atom is 0.335 e. The number of fused-ring (bicyclic) bond motifs is 5. The van der Waals surface area contributed by atoms with E-state index in [1.807, 2.05) is 6.08 Å². The van der Waals surface area contributed by atoms with E-state index in [4.69, 9.17) is 0 Å². The predicted octanol–water partition coefficient (Wildman–Crippen LogP) is 6.98. The summed E-state index contributed by atoms with van der Waals surface area (Å²) in [6.07, 6.45) is 14.3. The van der Waals surface area contributed by atoms with Crippen LogP contribution < -0.4 is 5.63 Å². The molecule has 1 fully saturated rings. The maximum atomic E-state index is 10.1. The summed E-state index contributed by atoms with van der Waals surface area (Å²) in [5, 5.41) is 2.69. The van der Waals surface area contributed by atoms with Crippen molar-refractivity contribution in [2.45, 2.75) is 32.1 Å². The Morgan fingerprint density at radius 1 is 1.10 bits per heavy atom. The summed E-state index contributed by atoms with van der Waals surface area (Å²) in [5.41, 5.74) is 5.55. The first kappa shape index (κ1) is 19.2. The van der Waals surface area contributed by atoms with Crippen molar-refractivity contribution in [2.24, 2.45) is 5.92 Å². The number of rotatable bonds is 1. The van der Waals surface area contributed by atoms with Crippen molar-refractivity contribution in [3.63, 3.8) is 0 Å². The Bertz CT molecular complexity index is 1130. The lowest BCUT2D eigenvalue weighted by atomic mass is 9.68. The average Bonchev–Trinajstić information content (AvgIpc) is 2.78. The van der Waals surface area contributed by atoms with Gasteiger partial charge in [-0.15, -0.1) is 0 Å². The highest BCUT2D eigenvalue weighted by molar-refractivity contribution is 5.98. The van der Waals surface area contributed by atoms with Gasteiger partial charge >= 0.3 is 5.63 Å². The van der Waals surface area contributed by atoms with Crippen LogP contribution in [0.4, 0.5) is 0 Å². The first-order chi connectivity index (χ1) is 14.2. The highest BCUT2D eigenvalue weighted by Gasteiger charge is 2.31. The topological polar surface area (TPSA) is 30.2 Å². The van der Waals surface area contributed by atoms with Gasteiger partial charge in [-0.25, -0.2) is 4.79 Å². The Hall–Kier alpha value is -3.13. The van der Waals surface area contributed by atoms with Gasteiger partial charge in [0.2, 0.25) is 0 Å². The van der Waals surface area contributed by atoms with Gasteiger partial charge in [-0.05, 0) is 71.6 Å². The molecule has 3 aromatic rings. The summed E-state index contributed by atoms with van der Waals surface area (Å²) < 4.78 is 4.37. The molecule has 1 saturated carbocycles. The van der Waals surface area contributed by atoms with E-state index >= 15 is 0 Å². The van der Waals surface area contributed by atoms with E-state index in [9.17, 15) is 4.79 Å². The largest absolute Gasteiger partial charge is 0.431 e. The number of hydrogen-bond acceptors (Lipinski definition) is 2. The zero-order valence-electron chi connectivity index (χ0n) is 16.8. The lowest BCUT2D eigenvalue weighted by Gasteiger charge is -2.36. The highest BCUT2D eigenvalue weighted by Crippen LogP contribution is 2.47. The van der Waals surface area contributed by atoms with Gasteiger partial charge in [0.05, 0.1) is 6.26 Å². The number of benzene rings is 2. The molecule has 146 valence electrons. The number of allylic oxidation sites excluding steroid dienone is 3. The molecule has 2 atom stereocenters. The SMILES string of the molecule is C=Cc1cc2c(c3ccccc13)C=CC1CC/C(=C\C)CC21.O=c1cccco1. The monoisotopic (exact) mass is 382 g/mol. The quantitative estimate of drug-likeness (QED) is 0.425. The maximum absolute atomic E-state index is 10.1. The van der Waals surface area contributed by atoms with E-state index in [2.05, 4.69) is 66.5 Å². The van der Waals surface area contributed by atoms with Crippen LogP contribution >= 0.6 is 0 Å². The summed E-state index contributed by atoms with van der Waals surface area (Å²) in [6.45, 7) is 6.22. The van der Waals surface area contributed by atoms with Crippen LogP contribution in [0.1, 0.15) is 48.8 Å². The molecule has 29 heavy (non-hydrogen) atoms. The van der Waals surface area contributed by atoms with Crippen LogP contribution in [-0.2, 0) is 0 Å². The lowest BCUT2D eigenvalue weighted by molar-refractivity contribution is 0.418. The lowest BCUT2D eigenvalue weighted by Crippen LogP contribution is -2.21. The fraction of sp³-hybridized carbons (Fsp3) is 0.222. The Morgan fingerprint density at radius 3 is 2.55 bits per heavy atom. The first-order valence-corrected chi connectivity index (χ1v) is 10.3. The van der Waals surface area contributed by atoms with Crippen molar-refractivity contribution < 1.29 is 4.42 Å². The smallest absolute Gasteiger partial charge is 0.335 e. The zero-order chi connectivity index (χ0) is 20.2. The van der Waals surface area contributed by atoms with Gasteiger partial charge in [-0.3, -0.25) is 0 Å². The van der Waals surface area contributed by atoms with Gasteiger partial charge in [-0.1, -0.05) is 72.9 Å². The molecule has 0 aliphatic heterocycles.